The number of nitrogens with zero attached hydrogens (tertiary/aromatic N) is 2. The molecule has 0 amide bonds. The van der Waals surface area contributed by atoms with Gasteiger partial charge >= 0.3 is 0 Å². The molecule has 1 aliphatic rings. The molecule has 0 N–H and O–H groups in total. The molecule has 1 aromatic heterocycles. The summed E-state index contributed by atoms with van der Waals surface area (Å²) in [6, 6.07) is 13.8. The van der Waals surface area contributed by atoms with E-state index in [1.54, 1.807) is 16.3 Å². The van der Waals surface area contributed by atoms with Gasteiger partial charge in [0.15, 0.2) is 5.16 Å². The Labute approximate surface area is 157 Å². The van der Waals surface area contributed by atoms with Crippen molar-refractivity contribution < 1.29 is 4.74 Å². The third-order valence-electron chi connectivity index (χ3n) is 4.63. The molecule has 0 aliphatic carbocycles. The maximum Gasteiger partial charge on any atom is 0.266 e. The van der Waals surface area contributed by atoms with E-state index >= 15 is 0 Å². The predicted molar refractivity (Wildman–Crippen MR) is 107 cm³/mol. The van der Waals surface area contributed by atoms with Crippen molar-refractivity contribution in [3.8, 4) is 5.69 Å². The smallest absolute Gasteiger partial charge is 0.266 e. The van der Waals surface area contributed by atoms with Gasteiger partial charge in [0, 0.05) is 12.4 Å². The Morgan fingerprint density at radius 3 is 2.69 bits per heavy atom. The lowest BCUT2D eigenvalue weighted by atomic mass is 10.1. The van der Waals surface area contributed by atoms with Crippen molar-refractivity contribution in [1.82, 2.24) is 9.55 Å². The van der Waals surface area contributed by atoms with E-state index in [1.165, 1.54) is 0 Å². The van der Waals surface area contributed by atoms with Gasteiger partial charge in [-0.2, -0.15) is 0 Å². The van der Waals surface area contributed by atoms with Crippen LogP contribution in [0.15, 0.2) is 52.4 Å². The third kappa shape index (κ3) is 3.41. The molecule has 4 nitrogen and oxygen atoms in total. The summed E-state index contributed by atoms with van der Waals surface area (Å²) in [5, 5.41) is 1.38. The summed E-state index contributed by atoms with van der Waals surface area (Å²) in [7, 11) is 0. The van der Waals surface area contributed by atoms with E-state index < -0.39 is 0 Å². The number of fused-ring (bicyclic) bond motifs is 1. The monoisotopic (exact) mass is 366 g/mol. The highest BCUT2D eigenvalue weighted by Crippen LogP contribution is 2.26. The average Bonchev–Trinajstić information content (AvgIpc) is 3.13. The second-order valence-electron chi connectivity index (χ2n) is 6.84. The number of aryl methyl sites for hydroxylation is 2. The molecule has 0 radical (unpaired) electrons. The fraction of sp³-hybridized carbons (Fsp3) is 0.333. The van der Waals surface area contributed by atoms with Gasteiger partial charge in [-0.05, 0) is 62.1 Å². The van der Waals surface area contributed by atoms with Crippen molar-refractivity contribution in [3.05, 3.63) is 63.9 Å². The molecule has 2 aromatic carbocycles. The summed E-state index contributed by atoms with van der Waals surface area (Å²) in [5.74, 6) is 0.815. The maximum absolute atomic E-state index is 13.2. The molecule has 3 aromatic rings. The number of benzene rings is 2. The first-order chi connectivity index (χ1) is 12.6. The summed E-state index contributed by atoms with van der Waals surface area (Å²) in [6.07, 6.45) is 2.44. The zero-order valence-electron chi connectivity index (χ0n) is 15.1. The first kappa shape index (κ1) is 17.3. The number of hydrogen-bond acceptors (Lipinski definition) is 4. The van der Waals surface area contributed by atoms with Crippen LogP contribution >= 0.6 is 11.8 Å². The lowest BCUT2D eigenvalue weighted by Crippen LogP contribution is -2.22. The Balaban J connectivity index is 1.85. The zero-order chi connectivity index (χ0) is 18.1. The van der Waals surface area contributed by atoms with Crippen LogP contribution in [0, 0.1) is 13.8 Å². The third-order valence-corrected chi connectivity index (χ3v) is 5.70. The molecule has 1 aliphatic heterocycles. The van der Waals surface area contributed by atoms with Crippen molar-refractivity contribution in [2.45, 2.75) is 37.9 Å². The number of para-hydroxylation sites is 1. The van der Waals surface area contributed by atoms with E-state index in [2.05, 4.69) is 19.9 Å². The second kappa shape index (κ2) is 7.25. The first-order valence-corrected chi connectivity index (χ1v) is 9.95. The van der Waals surface area contributed by atoms with Gasteiger partial charge in [0.05, 0.1) is 22.7 Å². The fourth-order valence-electron chi connectivity index (χ4n) is 3.46. The number of thioether (sulfide) groups is 1. The Morgan fingerprint density at radius 2 is 1.96 bits per heavy atom. The van der Waals surface area contributed by atoms with Crippen LogP contribution in [0.1, 0.15) is 24.0 Å². The van der Waals surface area contributed by atoms with Crippen LogP contribution < -0.4 is 5.56 Å². The van der Waals surface area contributed by atoms with E-state index in [0.29, 0.717) is 5.39 Å². The lowest BCUT2D eigenvalue weighted by Gasteiger charge is -2.16. The first-order valence-electron chi connectivity index (χ1n) is 8.97. The molecule has 2 heterocycles. The molecule has 5 heteroatoms. The number of rotatable bonds is 4. The normalized spacial score (nSPS) is 17.1. The molecular formula is C21H22N2O2S. The van der Waals surface area contributed by atoms with E-state index in [1.807, 2.05) is 36.4 Å². The number of aromatic nitrogens is 2. The Kier molecular flexibility index (Phi) is 4.83. The molecule has 0 saturated carbocycles. The molecule has 26 heavy (non-hydrogen) atoms. The summed E-state index contributed by atoms with van der Waals surface area (Å²) >= 11 is 1.61. The van der Waals surface area contributed by atoms with Crippen LogP contribution in [0.2, 0.25) is 0 Å². The van der Waals surface area contributed by atoms with E-state index in [-0.39, 0.29) is 11.7 Å². The molecule has 0 bridgehead atoms. The standard InChI is InChI=1S/C21H22N2O2S/c1-14-10-15(2)12-16(11-14)23-20(24)18-7-3-4-8-19(18)22-21(23)26-13-17-6-5-9-25-17/h3-4,7-8,10-12,17H,5-6,9,13H2,1-2H3/t17-/m0/s1. The van der Waals surface area contributed by atoms with Gasteiger partial charge in [0.1, 0.15) is 0 Å². The number of hydrogen-bond donors (Lipinski definition) is 0. The SMILES string of the molecule is Cc1cc(C)cc(-n2c(SC[C@@H]3CCCO3)nc3ccccc3c2=O)c1. The van der Waals surface area contributed by atoms with Crippen LogP contribution in [0.4, 0.5) is 0 Å². The van der Waals surface area contributed by atoms with Gasteiger partial charge in [-0.3, -0.25) is 9.36 Å². The molecule has 0 unspecified atom stereocenters. The van der Waals surface area contributed by atoms with Crippen LogP contribution in [0.25, 0.3) is 16.6 Å². The molecule has 4 rings (SSSR count). The van der Waals surface area contributed by atoms with Gasteiger partial charge in [-0.25, -0.2) is 4.98 Å². The topological polar surface area (TPSA) is 44.1 Å². The summed E-state index contributed by atoms with van der Waals surface area (Å²) < 4.78 is 7.49. The molecule has 1 fully saturated rings. The van der Waals surface area contributed by atoms with Gasteiger partial charge in [0.2, 0.25) is 0 Å². The van der Waals surface area contributed by atoms with Gasteiger partial charge in [-0.15, -0.1) is 0 Å². The van der Waals surface area contributed by atoms with Crippen molar-refractivity contribution in [2.75, 3.05) is 12.4 Å². The quantitative estimate of drug-likeness (QED) is 0.511. The number of ether oxygens (including phenoxy) is 1. The highest BCUT2D eigenvalue weighted by Gasteiger charge is 2.19. The van der Waals surface area contributed by atoms with Gasteiger partial charge in [0.25, 0.3) is 5.56 Å². The summed E-state index contributed by atoms with van der Waals surface area (Å²) in [4.78, 5) is 18.0. The minimum absolute atomic E-state index is 0.0181. The molecule has 0 spiro atoms. The fourth-order valence-corrected chi connectivity index (χ4v) is 4.54. The molecular weight excluding hydrogens is 344 g/mol. The Morgan fingerprint density at radius 1 is 1.19 bits per heavy atom. The van der Waals surface area contributed by atoms with Crippen LogP contribution in [0.3, 0.4) is 0 Å². The van der Waals surface area contributed by atoms with E-state index in [4.69, 9.17) is 9.72 Å². The summed E-state index contributed by atoms with van der Waals surface area (Å²) in [6.45, 7) is 4.94. The van der Waals surface area contributed by atoms with Gasteiger partial charge in [-0.1, -0.05) is 30.0 Å². The minimum Gasteiger partial charge on any atom is -0.377 e. The van der Waals surface area contributed by atoms with E-state index in [0.717, 1.165) is 52.7 Å². The molecule has 1 atom stereocenters. The van der Waals surface area contributed by atoms with Crippen LogP contribution in [0.5, 0.6) is 0 Å². The van der Waals surface area contributed by atoms with Crippen molar-refractivity contribution >= 4 is 22.7 Å². The van der Waals surface area contributed by atoms with E-state index in [9.17, 15) is 4.79 Å². The molecule has 1 saturated heterocycles. The summed E-state index contributed by atoms with van der Waals surface area (Å²) in [5.41, 5.74) is 3.87. The zero-order valence-corrected chi connectivity index (χ0v) is 15.9. The second-order valence-corrected chi connectivity index (χ2v) is 7.83. The Hall–Kier alpha value is -2.11. The Bertz CT molecular complexity index is 986. The largest absolute Gasteiger partial charge is 0.377 e. The minimum atomic E-state index is -0.0181. The van der Waals surface area contributed by atoms with Crippen molar-refractivity contribution in [3.63, 3.8) is 0 Å². The highest BCUT2D eigenvalue weighted by atomic mass is 32.2. The molecule has 134 valence electrons. The highest BCUT2D eigenvalue weighted by molar-refractivity contribution is 7.99. The van der Waals surface area contributed by atoms with Crippen molar-refractivity contribution in [1.29, 1.82) is 0 Å². The van der Waals surface area contributed by atoms with Gasteiger partial charge < -0.3 is 4.74 Å². The maximum atomic E-state index is 13.2. The van der Waals surface area contributed by atoms with Crippen LogP contribution in [-0.2, 0) is 4.74 Å². The van der Waals surface area contributed by atoms with Crippen LogP contribution in [-0.4, -0.2) is 28.0 Å². The predicted octanol–water partition coefficient (Wildman–Crippen LogP) is 4.27. The average molecular weight is 366 g/mol. The van der Waals surface area contributed by atoms with Crippen molar-refractivity contribution in [2.24, 2.45) is 0 Å². The lowest BCUT2D eigenvalue weighted by molar-refractivity contribution is 0.129.